The third-order valence-corrected chi connectivity index (χ3v) is 4.84. The van der Waals surface area contributed by atoms with Crippen LogP contribution >= 0.6 is 0 Å². The van der Waals surface area contributed by atoms with E-state index in [1.807, 2.05) is 48.5 Å². The van der Waals surface area contributed by atoms with Gasteiger partial charge in [0.1, 0.15) is 11.5 Å². The molecule has 3 aromatic carbocycles. The van der Waals surface area contributed by atoms with E-state index in [4.69, 9.17) is 9.47 Å². The lowest BCUT2D eigenvalue weighted by molar-refractivity contribution is -0.121. The predicted molar refractivity (Wildman–Crippen MR) is 104 cm³/mol. The van der Waals surface area contributed by atoms with E-state index < -0.39 is 5.82 Å². The molecule has 28 heavy (non-hydrogen) atoms. The van der Waals surface area contributed by atoms with Gasteiger partial charge in [-0.05, 0) is 36.2 Å². The average molecular weight is 377 g/mol. The monoisotopic (exact) mass is 377 g/mol. The van der Waals surface area contributed by atoms with Crippen LogP contribution in [0.3, 0.4) is 0 Å². The van der Waals surface area contributed by atoms with Crippen molar-refractivity contribution in [1.29, 1.82) is 0 Å². The summed E-state index contributed by atoms with van der Waals surface area (Å²) in [5.41, 5.74) is 2.59. The minimum Gasteiger partial charge on any atom is -0.494 e. The van der Waals surface area contributed by atoms with E-state index in [-0.39, 0.29) is 24.1 Å². The number of methoxy groups -OCH3 is 1. The molecule has 4 nitrogen and oxygen atoms in total. The van der Waals surface area contributed by atoms with Gasteiger partial charge in [0.15, 0.2) is 11.6 Å². The molecule has 0 saturated heterocycles. The summed E-state index contributed by atoms with van der Waals surface area (Å²) in [4.78, 5) is 12.6. The lowest BCUT2D eigenvalue weighted by Crippen LogP contribution is -2.31. The summed E-state index contributed by atoms with van der Waals surface area (Å²) in [6.07, 6.45) is 0.701. The van der Waals surface area contributed by atoms with Crippen LogP contribution < -0.4 is 14.8 Å². The predicted octanol–water partition coefficient (Wildman–Crippen LogP) is 4.78. The molecule has 1 N–H and O–H groups in total. The molecular weight excluding hydrogens is 357 g/mol. The first-order chi connectivity index (χ1) is 13.7. The summed E-state index contributed by atoms with van der Waals surface area (Å²) >= 11 is 0. The molecule has 0 unspecified atom stereocenters. The molecule has 142 valence electrons. The lowest BCUT2D eigenvalue weighted by Gasteiger charge is -2.28. The molecule has 0 bridgehead atoms. The number of carbonyl (C=O) groups is 1. The first-order valence-electron chi connectivity index (χ1n) is 9.13. The minimum absolute atomic E-state index is 0.104. The van der Waals surface area contributed by atoms with Crippen LogP contribution in [0.25, 0.3) is 0 Å². The maximum absolute atomic E-state index is 13.8. The number of fused-ring (bicyclic) bond motifs is 2. The standard InChI is InChI=1S/C23H20FNO3/c1-27-21-12-10-15(14-18(21)24)11-13-22(26)25-23-16-6-2-4-8-19(16)28-20-9-5-3-7-17(20)23/h2-10,12,14,23H,11,13H2,1H3,(H,25,26). The molecule has 1 aliphatic heterocycles. The van der Waals surface area contributed by atoms with Crippen LogP contribution in [-0.4, -0.2) is 13.0 Å². The summed E-state index contributed by atoms with van der Waals surface area (Å²) in [6.45, 7) is 0. The number of nitrogens with one attached hydrogen (secondary N) is 1. The van der Waals surface area contributed by atoms with Crippen LogP contribution in [0.5, 0.6) is 17.2 Å². The first-order valence-corrected chi connectivity index (χ1v) is 9.13. The maximum Gasteiger partial charge on any atom is 0.221 e. The third-order valence-electron chi connectivity index (χ3n) is 4.84. The molecule has 0 radical (unpaired) electrons. The quantitative estimate of drug-likeness (QED) is 0.696. The van der Waals surface area contributed by atoms with Gasteiger partial charge in [0, 0.05) is 17.5 Å². The van der Waals surface area contributed by atoms with Crippen molar-refractivity contribution in [1.82, 2.24) is 5.32 Å². The van der Waals surface area contributed by atoms with Crippen molar-refractivity contribution < 1.29 is 18.7 Å². The Morgan fingerprint density at radius 1 is 1.04 bits per heavy atom. The van der Waals surface area contributed by atoms with Crippen molar-refractivity contribution in [2.45, 2.75) is 18.9 Å². The Hall–Kier alpha value is -3.34. The smallest absolute Gasteiger partial charge is 0.221 e. The molecule has 1 heterocycles. The summed E-state index contributed by atoms with van der Waals surface area (Å²) in [5.74, 6) is 1.15. The van der Waals surface area contributed by atoms with Crippen LogP contribution in [0.15, 0.2) is 66.7 Å². The largest absolute Gasteiger partial charge is 0.494 e. The van der Waals surface area contributed by atoms with Gasteiger partial charge in [0.25, 0.3) is 0 Å². The number of halogens is 1. The van der Waals surface area contributed by atoms with Gasteiger partial charge in [-0.3, -0.25) is 4.79 Å². The van der Waals surface area contributed by atoms with Crippen molar-refractivity contribution in [3.8, 4) is 17.2 Å². The van der Waals surface area contributed by atoms with Crippen LogP contribution in [-0.2, 0) is 11.2 Å². The van der Waals surface area contributed by atoms with Gasteiger partial charge in [0.05, 0.1) is 13.2 Å². The fourth-order valence-corrected chi connectivity index (χ4v) is 3.42. The molecule has 0 fully saturated rings. The van der Waals surface area contributed by atoms with Crippen molar-refractivity contribution in [3.05, 3.63) is 89.2 Å². The van der Waals surface area contributed by atoms with Gasteiger partial charge in [-0.1, -0.05) is 42.5 Å². The Morgan fingerprint density at radius 3 is 2.29 bits per heavy atom. The zero-order valence-corrected chi connectivity index (χ0v) is 15.4. The number of carbonyl (C=O) groups excluding carboxylic acids is 1. The van der Waals surface area contributed by atoms with Gasteiger partial charge < -0.3 is 14.8 Å². The molecule has 0 aliphatic carbocycles. The van der Waals surface area contributed by atoms with Gasteiger partial charge in [-0.25, -0.2) is 4.39 Å². The van der Waals surface area contributed by atoms with Crippen molar-refractivity contribution in [2.24, 2.45) is 0 Å². The minimum atomic E-state index is -0.423. The second-order valence-corrected chi connectivity index (χ2v) is 6.65. The SMILES string of the molecule is COc1ccc(CCC(=O)NC2c3ccccc3Oc3ccccc32)cc1F. The Balaban J connectivity index is 1.50. The Bertz CT molecular complexity index is 973. The van der Waals surface area contributed by atoms with Crippen LogP contribution in [0.2, 0.25) is 0 Å². The molecule has 0 aromatic heterocycles. The summed E-state index contributed by atoms with van der Waals surface area (Å²) in [6, 6.07) is 19.8. The highest BCUT2D eigenvalue weighted by Crippen LogP contribution is 2.42. The number of ether oxygens (including phenoxy) is 2. The van der Waals surface area contributed by atoms with E-state index in [0.29, 0.717) is 6.42 Å². The number of rotatable bonds is 5. The fourth-order valence-electron chi connectivity index (χ4n) is 3.42. The molecule has 1 aliphatic rings. The van der Waals surface area contributed by atoms with Gasteiger partial charge >= 0.3 is 0 Å². The highest BCUT2D eigenvalue weighted by molar-refractivity contribution is 5.78. The summed E-state index contributed by atoms with van der Waals surface area (Å²) in [7, 11) is 1.43. The highest BCUT2D eigenvalue weighted by atomic mass is 19.1. The van der Waals surface area contributed by atoms with Crippen LogP contribution in [0.4, 0.5) is 4.39 Å². The molecule has 0 spiro atoms. The zero-order valence-electron chi connectivity index (χ0n) is 15.4. The molecule has 4 rings (SSSR count). The first kappa shape index (κ1) is 18.0. The third kappa shape index (κ3) is 3.56. The van der Waals surface area contributed by atoms with E-state index >= 15 is 0 Å². The van der Waals surface area contributed by atoms with E-state index in [9.17, 15) is 9.18 Å². The molecule has 1 amide bonds. The Morgan fingerprint density at radius 2 is 1.68 bits per heavy atom. The molecule has 0 atom stereocenters. The van der Waals surface area contributed by atoms with Crippen LogP contribution in [0, 0.1) is 5.82 Å². The average Bonchev–Trinajstić information content (AvgIpc) is 2.72. The number of para-hydroxylation sites is 2. The normalized spacial score (nSPS) is 12.5. The van der Waals surface area contributed by atoms with E-state index in [1.54, 1.807) is 12.1 Å². The van der Waals surface area contributed by atoms with E-state index in [1.165, 1.54) is 13.2 Å². The fraction of sp³-hybridized carbons (Fsp3) is 0.174. The Kier molecular flexibility index (Phi) is 4.98. The van der Waals surface area contributed by atoms with E-state index in [0.717, 1.165) is 28.2 Å². The zero-order chi connectivity index (χ0) is 19.5. The van der Waals surface area contributed by atoms with Crippen LogP contribution in [0.1, 0.15) is 29.2 Å². The number of aryl methyl sites for hydroxylation is 1. The lowest BCUT2D eigenvalue weighted by atomic mass is 9.94. The van der Waals surface area contributed by atoms with Gasteiger partial charge in [0.2, 0.25) is 5.91 Å². The number of benzene rings is 3. The second kappa shape index (κ2) is 7.72. The van der Waals surface area contributed by atoms with Crippen molar-refractivity contribution in [3.63, 3.8) is 0 Å². The van der Waals surface area contributed by atoms with Gasteiger partial charge in [-0.15, -0.1) is 0 Å². The molecule has 3 aromatic rings. The number of hydrogen-bond donors (Lipinski definition) is 1. The van der Waals surface area contributed by atoms with Gasteiger partial charge in [-0.2, -0.15) is 0 Å². The summed E-state index contributed by atoms with van der Waals surface area (Å²) < 4.78 is 24.7. The Labute approximate surface area is 162 Å². The molecular formula is C23H20FNO3. The number of hydrogen-bond acceptors (Lipinski definition) is 3. The van der Waals surface area contributed by atoms with Crippen molar-refractivity contribution in [2.75, 3.05) is 7.11 Å². The highest BCUT2D eigenvalue weighted by Gasteiger charge is 2.27. The topological polar surface area (TPSA) is 47.6 Å². The maximum atomic E-state index is 13.8. The van der Waals surface area contributed by atoms with Crippen molar-refractivity contribution >= 4 is 5.91 Å². The summed E-state index contributed by atoms with van der Waals surface area (Å²) in [5, 5.41) is 3.10. The second-order valence-electron chi connectivity index (χ2n) is 6.65. The molecule has 0 saturated carbocycles. The van der Waals surface area contributed by atoms with E-state index in [2.05, 4.69) is 5.32 Å². The number of amides is 1. The molecule has 5 heteroatoms.